The first kappa shape index (κ1) is 34.5. The molecule has 5 aromatic rings. The molecule has 0 saturated carbocycles. The van der Waals surface area contributed by atoms with Crippen LogP contribution in [0.3, 0.4) is 0 Å². The molecule has 2 aromatic heterocycles. The first-order valence-electron chi connectivity index (χ1n) is 17.8. The van der Waals surface area contributed by atoms with E-state index in [-0.39, 0.29) is 23.2 Å². The standard InChI is InChI=1S/C40H40N8O6/c1-45-22-24(43-44-30-20-37(54-3)34(21-36(30)53-2)46-13-4-5-14-46)18-35(45)39(50)48-15-11-25-23(7-6-8-32(25)48)17-28(41)38(49)47-16-12-26-27-19-31(40(51)52)42-29(27)9-10-33(26)47/h6-10,17-22,42H,4-5,11-16,41H2,1-3H3,(H,51,52)/b28-17-,44-43?. The van der Waals surface area contributed by atoms with Crippen LogP contribution in [0.15, 0.2) is 76.7 Å². The summed E-state index contributed by atoms with van der Waals surface area (Å²) in [6, 6.07) is 16.3. The number of aromatic amines is 1. The van der Waals surface area contributed by atoms with E-state index < -0.39 is 5.97 Å². The number of ether oxygens (including phenoxy) is 2. The van der Waals surface area contributed by atoms with Gasteiger partial charge in [0.1, 0.15) is 34.3 Å². The van der Waals surface area contributed by atoms with Crippen molar-refractivity contribution in [2.75, 3.05) is 55.1 Å². The maximum atomic E-state index is 14.0. The molecule has 276 valence electrons. The summed E-state index contributed by atoms with van der Waals surface area (Å²) in [6.45, 7) is 2.80. The second-order valence-electron chi connectivity index (χ2n) is 13.7. The van der Waals surface area contributed by atoms with Crippen molar-refractivity contribution in [1.82, 2.24) is 9.55 Å². The number of methoxy groups -OCH3 is 2. The van der Waals surface area contributed by atoms with Crippen molar-refractivity contribution in [2.45, 2.75) is 25.7 Å². The molecular weight excluding hydrogens is 688 g/mol. The van der Waals surface area contributed by atoms with Crippen LogP contribution in [0, 0.1) is 0 Å². The maximum absolute atomic E-state index is 14.0. The van der Waals surface area contributed by atoms with Crippen LogP contribution in [-0.2, 0) is 24.7 Å². The van der Waals surface area contributed by atoms with Crippen LogP contribution >= 0.6 is 0 Å². The summed E-state index contributed by atoms with van der Waals surface area (Å²) in [7, 11) is 5.03. The molecule has 54 heavy (non-hydrogen) atoms. The zero-order valence-corrected chi connectivity index (χ0v) is 30.3. The molecule has 14 nitrogen and oxygen atoms in total. The minimum atomic E-state index is -1.04. The molecule has 5 heterocycles. The highest BCUT2D eigenvalue weighted by Crippen LogP contribution is 2.42. The average Bonchev–Trinajstić information content (AvgIpc) is 4.02. The summed E-state index contributed by atoms with van der Waals surface area (Å²) in [4.78, 5) is 47.7. The molecule has 0 radical (unpaired) electrons. The first-order chi connectivity index (χ1) is 26.1. The molecule has 0 unspecified atom stereocenters. The van der Waals surface area contributed by atoms with Gasteiger partial charge in [-0.3, -0.25) is 9.59 Å². The largest absolute Gasteiger partial charge is 0.494 e. The summed E-state index contributed by atoms with van der Waals surface area (Å²) in [6.07, 6.45) is 6.86. The molecule has 2 amide bonds. The zero-order valence-electron chi connectivity index (χ0n) is 30.3. The topological polar surface area (TPSA) is 171 Å². The van der Waals surface area contributed by atoms with Gasteiger partial charge in [0.15, 0.2) is 0 Å². The molecule has 1 saturated heterocycles. The van der Waals surface area contributed by atoms with Gasteiger partial charge in [0, 0.05) is 73.8 Å². The Morgan fingerprint density at radius 3 is 2.35 bits per heavy atom. The van der Waals surface area contributed by atoms with E-state index in [1.807, 2.05) is 36.4 Å². The summed E-state index contributed by atoms with van der Waals surface area (Å²) in [5, 5.41) is 19.1. The number of carboxylic acid groups (broad SMARTS) is 1. The van der Waals surface area contributed by atoms with Gasteiger partial charge in [-0.15, -0.1) is 10.2 Å². The number of aryl methyl sites for hydroxylation is 1. The number of benzene rings is 3. The summed E-state index contributed by atoms with van der Waals surface area (Å²) < 4.78 is 13.1. The quantitative estimate of drug-likeness (QED) is 0.117. The number of nitrogens with two attached hydrogens (primary N) is 1. The molecular formula is C40H40N8O6. The number of carbonyl (C=O) groups is 3. The van der Waals surface area contributed by atoms with Gasteiger partial charge in [-0.2, -0.15) is 0 Å². The number of amides is 2. The third-order valence-electron chi connectivity index (χ3n) is 10.5. The molecule has 8 rings (SSSR count). The van der Waals surface area contributed by atoms with Gasteiger partial charge in [0.05, 0.1) is 25.6 Å². The van der Waals surface area contributed by atoms with Gasteiger partial charge in [-0.25, -0.2) is 4.79 Å². The number of nitrogens with zero attached hydrogens (tertiary/aromatic N) is 6. The highest BCUT2D eigenvalue weighted by atomic mass is 16.5. The van der Waals surface area contributed by atoms with E-state index in [1.165, 1.54) is 0 Å². The number of rotatable bonds is 9. The van der Waals surface area contributed by atoms with E-state index in [2.05, 4.69) is 20.1 Å². The zero-order chi connectivity index (χ0) is 37.7. The van der Waals surface area contributed by atoms with Gasteiger partial charge in [0.25, 0.3) is 11.8 Å². The smallest absolute Gasteiger partial charge is 0.352 e. The third kappa shape index (κ3) is 5.98. The number of fused-ring (bicyclic) bond motifs is 4. The molecule has 3 aliphatic rings. The van der Waals surface area contributed by atoms with Crippen molar-refractivity contribution in [2.24, 2.45) is 23.0 Å². The van der Waals surface area contributed by atoms with Crippen LogP contribution < -0.4 is 29.9 Å². The summed E-state index contributed by atoms with van der Waals surface area (Å²) in [5.74, 6) is -0.293. The van der Waals surface area contributed by atoms with Crippen molar-refractivity contribution < 1.29 is 29.0 Å². The fourth-order valence-corrected chi connectivity index (χ4v) is 7.84. The van der Waals surface area contributed by atoms with Crippen LogP contribution in [0.5, 0.6) is 11.5 Å². The Hall–Kier alpha value is -6.57. The van der Waals surface area contributed by atoms with Crippen molar-refractivity contribution in [1.29, 1.82) is 0 Å². The molecule has 14 heteroatoms. The van der Waals surface area contributed by atoms with Crippen molar-refractivity contribution in [3.63, 3.8) is 0 Å². The SMILES string of the molecule is COc1cc(N2CCCC2)c(OC)cc1N=Nc1cc(C(=O)N2CCc3c(/C=C(\N)C(=O)N4CCc5c4ccc4[nH]c(C(=O)O)cc54)cccc32)n(C)c1. The van der Waals surface area contributed by atoms with Gasteiger partial charge in [-0.05, 0) is 78.8 Å². The minimum Gasteiger partial charge on any atom is -0.494 e. The van der Waals surface area contributed by atoms with Crippen molar-refractivity contribution in [3.8, 4) is 11.5 Å². The molecule has 0 atom stereocenters. The Morgan fingerprint density at radius 1 is 0.852 bits per heavy atom. The molecule has 3 aromatic carbocycles. The molecule has 3 aliphatic heterocycles. The predicted molar refractivity (Wildman–Crippen MR) is 206 cm³/mol. The Morgan fingerprint density at radius 2 is 1.59 bits per heavy atom. The van der Waals surface area contributed by atoms with E-state index in [0.29, 0.717) is 65.7 Å². The van der Waals surface area contributed by atoms with Crippen molar-refractivity contribution >= 4 is 63.2 Å². The monoisotopic (exact) mass is 728 g/mol. The van der Waals surface area contributed by atoms with E-state index in [9.17, 15) is 19.5 Å². The van der Waals surface area contributed by atoms with E-state index in [4.69, 9.17) is 15.2 Å². The van der Waals surface area contributed by atoms with Gasteiger partial charge >= 0.3 is 5.97 Å². The summed E-state index contributed by atoms with van der Waals surface area (Å²) >= 11 is 0. The highest BCUT2D eigenvalue weighted by molar-refractivity contribution is 6.11. The lowest BCUT2D eigenvalue weighted by molar-refractivity contribution is -0.115. The second-order valence-corrected chi connectivity index (χ2v) is 13.7. The van der Waals surface area contributed by atoms with Gasteiger partial charge < -0.3 is 44.6 Å². The molecule has 0 aliphatic carbocycles. The lowest BCUT2D eigenvalue weighted by Gasteiger charge is -2.21. The highest BCUT2D eigenvalue weighted by Gasteiger charge is 2.31. The number of azo groups is 1. The summed E-state index contributed by atoms with van der Waals surface area (Å²) in [5.41, 5.74) is 13.8. The molecule has 4 N–H and O–H groups in total. The third-order valence-corrected chi connectivity index (χ3v) is 10.5. The second kappa shape index (κ2) is 13.8. The van der Waals surface area contributed by atoms with E-state index in [0.717, 1.165) is 59.4 Å². The Kier molecular flexibility index (Phi) is 8.80. The van der Waals surface area contributed by atoms with Crippen LogP contribution in [-0.4, -0.2) is 72.8 Å². The van der Waals surface area contributed by atoms with Crippen molar-refractivity contribution in [3.05, 3.63) is 94.6 Å². The molecule has 0 bridgehead atoms. The lowest BCUT2D eigenvalue weighted by atomic mass is 10.0. The van der Waals surface area contributed by atoms with Gasteiger partial charge in [0.2, 0.25) is 0 Å². The van der Waals surface area contributed by atoms with Crippen LogP contribution in [0.4, 0.5) is 28.4 Å². The number of carbonyl (C=O) groups excluding carboxylic acids is 2. The fraction of sp³-hybridized carbons (Fsp3) is 0.275. The number of aromatic nitrogens is 2. The Balaban J connectivity index is 1.00. The number of hydrogen-bond acceptors (Lipinski definition) is 9. The lowest BCUT2D eigenvalue weighted by Crippen LogP contribution is -2.33. The average molecular weight is 729 g/mol. The van der Waals surface area contributed by atoms with E-state index in [1.54, 1.807) is 66.1 Å². The van der Waals surface area contributed by atoms with Crippen LogP contribution in [0.25, 0.3) is 17.0 Å². The maximum Gasteiger partial charge on any atom is 0.352 e. The normalized spacial score (nSPS) is 15.4. The van der Waals surface area contributed by atoms with Crippen LogP contribution in [0.2, 0.25) is 0 Å². The Labute approximate surface area is 311 Å². The number of H-pyrrole nitrogens is 1. The minimum absolute atomic E-state index is 0.0683. The van der Waals surface area contributed by atoms with E-state index >= 15 is 0 Å². The Bertz CT molecular complexity index is 2400. The molecule has 0 spiro atoms. The molecule has 1 fully saturated rings. The van der Waals surface area contributed by atoms with Gasteiger partial charge in [-0.1, -0.05) is 12.1 Å². The van der Waals surface area contributed by atoms with Crippen LogP contribution in [0.1, 0.15) is 50.5 Å². The number of carboxylic acids is 1. The number of aromatic carboxylic acids is 1. The number of hydrogen-bond donors (Lipinski definition) is 3. The number of nitrogens with one attached hydrogen (secondary N) is 1. The fourth-order valence-electron chi connectivity index (χ4n) is 7.84. The predicted octanol–water partition coefficient (Wildman–Crippen LogP) is 6.33. The first-order valence-corrected chi connectivity index (χ1v) is 17.8. The number of anilines is 3.